The van der Waals surface area contributed by atoms with Crippen LogP contribution in [-0.4, -0.2) is 46.0 Å². The van der Waals surface area contributed by atoms with E-state index in [0.29, 0.717) is 23.4 Å². The Labute approximate surface area is 246 Å². The Morgan fingerprint density at radius 3 is 2.27 bits per heavy atom. The van der Waals surface area contributed by atoms with E-state index in [2.05, 4.69) is 0 Å². The van der Waals surface area contributed by atoms with E-state index in [9.17, 15) is 24.0 Å². The van der Waals surface area contributed by atoms with Crippen LogP contribution in [0.1, 0.15) is 50.8 Å². The van der Waals surface area contributed by atoms with E-state index in [1.54, 1.807) is 30.3 Å². The molecule has 3 aromatic rings. The zero-order chi connectivity index (χ0) is 29.3. The van der Waals surface area contributed by atoms with Gasteiger partial charge in [0.2, 0.25) is 0 Å². The highest BCUT2D eigenvalue weighted by molar-refractivity contribution is 6.36. The molecule has 5 rings (SSSR count). The summed E-state index contributed by atoms with van der Waals surface area (Å²) in [5, 5.41) is 1.96. The third kappa shape index (κ3) is 5.80. The lowest BCUT2D eigenvalue weighted by Crippen LogP contribution is -2.52. The van der Waals surface area contributed by atoms with Crippen molar-refractivity contribution in [1.82, 2.24) is 10.0 Å². The SMILES string of the molecule is CC1=CC[C@@H]2C(=O)N(N(CC(=O)c3ccc(OC(=O)c4ccccc4)cc3)C(=O)c3ccc(Cl)cc3Cl)C(=O)[C@@H]2C1. The number of ketones is 1. The molecule has 1 heterocycles. The first kappa shape index (κ1) is 28.3. The summed E-state index contributed by atoms with van der Waals surface area (Å²) in [6, 6.07) is 18.4. The first-order chi connectivity index (χ1) is 19.6. The van der Waals surface area contributed by atoms with Gasteiger partial charge in [0.1, 0.15) is 12.3 Å². The highest BCUT2D eigenvalue weighted by atomic mass is 35.5. The van der Waals surface area contributed by atoms with Crippen molar-refractivity contribution in [3.8, 4) is 5.75 Å². The van der Waals surface area contributed by atoms with Gasteiger partial charge in [-0.05, 0) is 74.4 Å². The van der Waals surface area contributed by atoms with Crippen LogP contribution < -0.4 is 4.74 Å². The average Bonchev–Trinajstić information content (AvgIpc) is 3.20. The number of rotatable bonds is 7. The van der Waals surface area contributed by atoms with E-state index in [1.165, 1.54) is 42.5 Å². The Balaban J connectivity index is 1.40. The van der Waals surface area contributed by atoms with Gasteiger partial charge < -0.3 is 4.74 Å². The molecule has 1 fully saturated rings. The van der Waals surface area contributed by atoms with Gasteiger partial charge in [0.05, 0.1) is 28.0 Å². The fraction of sp³-hybridized carbons (Fsp3) is 0.194. The van der Waals surface area contributed by atoms with Gasteiger partial charge >= 0.3 is 5.97 Å². The van der Waals surface area contributed by atoms with Crippen molar-refractivity contribution in [2.24, 2.45) is 11.8 Å². The molecule has 1 aliphatic carbocycles. The smallest absolute Gasteiger partial charge is 0.343 e. The van der Waals surface area contributed by atoms with Crippen molar-refractivity contribution in [2.45, 2.75) is 19.8 Å². The minimum atomic E-state index is -0.793. The number of Topliss-reactive ketones (excluding diaryl/α,β-unsaturated/α-hetero) is 1. The second-order valence-corrected chi connectivity index (χ2v) is 10.7. The standard InChI is InChI=1S/C31H24Cl2N2O6/c1-18-7-13-23-25(15-18)30(39)35(29(23)38)34(28(37)24-14-10-21(32)16-26(24)33)17-27(36)19-8-11-22(12-9-19)41-31(40)20-5-3-2-4-6-20/h2-12,14,16,23,25H,13,15,17H2,1H3/t23-,25+/m0/s1. The lowest BCUT2D eigenvalue weighted by atomic mass is 9.82. The van der Waals surface area contributed by atoms with Gasteiger partial charge in [0.25, 0.3) is 17.7 Å². The van der Waals surface area contributed by atoms with E-state index in [4.69, 9.17) is 27.9 Å². The zero-order valence-corrected chi connectivity index (χ0v) is 23.4. The Morgan fingerprint density at radius 2 is 1.59 bits per heavy atom. The van der Waals surface area contributed by atoms with Crippen molar-refractivity contribution in [2.75, 3.05) is 6.54 Å². The molecule has 8 nitrogen and oxygen atoms in total. The lowest BCUT2D eigenvalue weighted by Gasteiger charge is -2.30. The van der Waals surface area contributed by atoms with E-state index < -0.39 is 47.9 Å². The summed E-state index contributed by atoms with van der Waals surface area (Å²) in [6.45, 7) is 1.28. The van der Waals surface area contributed by atoms with E-state index >= 15 is 0 Å². The number of allylic oxidation sites excluding steroid dienone is 2. The van der Waals surface area contributed by atoms with Gasteiger partial charge in [0, 0.05) is 10.6 Å². The number of ether oxygens (including phenoxy) is 1. The van der Waals surface area contributed by atoms with Gasteiger partial charge in [-0.1, -0.05) is 53.1 Å². The summed E-state index contributed by atoms with van der Waals surface area (Å²) in [6.07, 6.45) is 2.68. The summed E-state index contributed by atoms with van der Waals surface area (Å²) in [4.78, 5) is 66.4. The van der Waals surface area contributed by atoms with Crippen molar-refractivity contribution < 1.29 is 28.7 Å². The Kier molecular flexibility index (Phi) is 8.06. The third-order valence-electron chi connectivity index (χ3n) is 7.13. The predicted octanol–water partition coefficient (Wildman–Crippen LogP) is 5.79. The number of nitrogens with zero attached hydrogens (tertiary/aromatic N) is 2. The molecule has 0 bridgehead atoms. The van der Waals surface area contributed by atoms with Crippen LogP contribution in [0, 0.1) is 11.8 Å². The molecule has 0 spiro atoms. The minimum Gasteiger partial charge on any atom is -0.423 e. The molecule has 0 radical (unpaired) electrons. The third-order valence-corrected chi connectivity index (χ3v) is 7.67. The number of fused-ring (bicyclic) bond motifs is 1. The molecule has 208 valence electrons. The van der Waals surface area contributed by atoms with E-state index in [1.807, 2.05) is 13.0 Å². The molecule has 2 atom stereocenters. The Hall–Kier alpha value is -4.27. The molecule has 0 unspecified atom stereocenters. The Morgan fingerprint density at radius 1 is 0.902 bits per heavy atom. The van der Waals surface area contributed by atoms with Crippen LogP contribution in [0.2, 0.25) is 10.0 Å². The fourth-order valence-electron chi connectivity index (χ4n) is 4.97. The number of esters is 1. The van der Waals surface area contributed by atoms with Gasteiger partial charge in [-0.3, -0.25) is 19.2 Å². The van der Waals surface area contributed by atoms with Crippen molar-refractivity contribution in [3.63, 3.8) is 0 Å². The predicted molar refractivity (Wildman–Crippen MR) is 151 cm³/mol. The maximum Gasteiger partial charge on any atom is 0.343 e. The summed E-state index contributed by atoms with van der Waals surface area (Å²) < 4.78 is 5.36. The number of imide groups is 1. The molecular formula is C31H24Cl2N2O6. The minimum absolute atomic E-state index is 0.0126. The molecule has 10 heteroatoms. The van der Waals surface area contributed by atoms with Gasteiger partial charge in [0.15, 0.2) is 5.78 Å². The highest BCUT2D eigenvalue weighted by Gasteiger charge is 2.52. The number of hydrazine groups is 1. The molecule has 1 aliphatic heterocycles. The number of benzene rings is 3. The topological polar surface area (TPSA) is 101 Å². The van der Waals surface area contributed by atoms with Gasteiger partial charge in [-0.15, -0.1) is 0 Å². The molecule has 3 amide bonds. The van der Waals surface area contributed by atoms with Crippen LogP contribution in [0.25, 0.3) is 0 Å². The van der Waals surface area contributed by atoms with Gasteiger partial charge in [-0.25, -0.2) is 9.80 Å². The highest BCUT2D eigenvalue weighted by Crippen LogP contribution is 2.39. The number of halogens is 2. The number of hydrogen-bond donors (Lipinski definition) is 0. The molecule has 1 saturated heterocycles. The maximum atomic E-state index is 13.7. The number of carbonyl (C=O) groups is 5. The molecule has 0 N–H and O–H groups in total. The fourth-order valence-corrected chi connectivity index (χ4v) is 5.46. The monoisotopic (exact) mass is 590 g/mol. The molecular weight excluding hydrogens is 567 g/mol. The second kappa shape index (κ2) is 11.7. The van der Waals surface area contributed by atoms with E-state index in [-0.39, 0.29) is 21.9 Å². The van der Waals surface area contributed by atoms with Crippen LogP contribution in [0.4, 0.5) is 0 Å². The molecule has 0 aromatic heterocycles. The molecule has 41 heavy (non-hydrogen) atoms. The van der Waals surface area contributed by atoms with Crippen LogP contribution >= 0.6 is 23.2 Å². The molecule has 3 aromatic carbocycles. The first-order valence-electron chi connectivity index (χ1n) is 12.8. The summed E-state index contributed by atoms with van der Waals surface area (Å²) in [5.41, 5.74) is 1.51. The normalized spacial score (nSPS) is 18.0. The first-order valence-corrected chi connectivity index (χ1v) is 13.6. The summed E-state index contributed by atoms with van der Waals surface area (Å²) >= 11 is 12.3. The van der Waals surface area contributed by atoms with Crippen LogP contribution in [-0.2, 0) is 9.59 Å². The van der Waals surface area contributed by atoms with Crippen molar-refractivity contribution in [1.29, 1.82) is 0 Å². The summed E-state index contributed by atoms with van der Waals surface area (Å²) in [7, 11) is 0. The number of amides is 3. The second-order valence-electron chi connectivity index (χ2n) is 9.88. The van der Waals surface area contributed by atoms with Crippen molar-refractivity contribution in [3.05, 3.63) is 111 Å². The Bertz CT molecular complexity index is 1590. The maximum absolute atomic E-state index is 13.7. The van der Waals surface area contributed by atoms with Gasteiger partial charge in [-0.2, -0.15) is 5.01 Å². The molecule has 2 aliphatic rings. The van der Waals surface area contributed by atoms with Crippen LogP contribution in [0.3, 0.4) is 0 Å². The summed E-state index contributed by atoms with van der Waals surface area (Å²) in [5.74, 6) is -3.99. The number of hydrogen-bond acceptors (Lipinski definition) is 6. The van der Waals surface area contributed by atoms with Crippen molar-refractivity contribution >= 4 is 52.7 Å². The van der Waals surface area contributed by atoms with E-state index in [0.717, 1.165) is 15.6 Å². The average molecular weight is 591 g/mol. The largest absolute Gasteiger partial charge is 0.423 e. The molecule has 0 saturated carbocycles. The quantitative estimate of drug-likeness (QED) is 0.113. The van der Waals surface area contributed by atoms with Crippen LogP contribution in [0.5, 0.6) is 5.75 Å². The zero-order valence-electron chi connectivity index (χ0n) is 21.9. The number of carbonyl (C=O) groups excluding carboxylic acids is 5. The van der Waals surface area contributed by atoms with Crippen LogP contribution in [0.15, 0.2) is 84.4 Å². The lowest BCUT2D eigenvalue weighted by molar-refractivity contribution is -0.154.